The summed E-state index contributed by atoms with van der Waals surface area (Å²) in [6.07, 6.45) is 3.48. The van der Waals surface area contributed by atoms with Gasteiger partial charge in [0.1, 0.15) is 0 Å². The van der Waals surface area contributed by atoms with Crippen LogP contribution in [-0.4, -0.2) is 46.9 Å². The van der Waals surface area contributed by atoms with Gasteiger partial charge in [0.15, 0.2) is 5.01 Å². The number of carbonyl (C=O) groups excluding carboxylic acids is 2. The highest BCUT2D eigenvalue weighted by atomic mass is 32.1. The maximum Gasteiger partial charge on any atom is 0.280 e. The van der Waals surface area contributed by atoms with Crippen molar-refractivity contribution in [3.05, 3.63) is 16.1 Å². The fraction of sp³-hybridized carbons (Fsp3) is 0.667. The highest BCUT2D eigenvalue weighted by Gasteiger charge is 2.28. The first-order valence-corrected chi connectivity index (χ1v) is 8.47. The van der Waals surface area contributed by atoms with Crippen molar-refractivity contribution in [3.8, 4) is 0 Å². The van der Waals surface area contributed by atoms with E-state index in [0.717, 1.165) is 17.7 Å². The number of nitrogens with one attached hydrogen (secondary N) is 1. The van der Waals surface area contributed by atoms with E-state index in [1.807, 2.05) is 18.7 Å². The maximum absolute atomic E-state index is 12.1. The van der Waals surface area contributed by atoms with E-state index in [2.05, 4.69) is 10.3 Å². The van der Waals surface area contributed by atoms with Crippen LogP contribution in [-0.2, 0) is 4.79 Å². The molecule has 1 aliphatic rings. The average molecular weight is 324 g/mol. The van der Waals surface area contributed by atoms with Crippen molar-refractivity contribution in [2.45, 2.75) is 45.7 Å². The molecule has 1 aromatic rings. The van der Waals surface area contributed by atoms with E-state index in [1.54, 1.807) is 13.1 Å². The number of carbonyl (C=O) groups is 2. The van der Waals surface area contributed by atoms with Crippen molar-refractivity contribution < 1.29 is 9.59 Å². The molecule has 7 heteroatoms. The van der Waals surface area contributed by atoms with Gasteiger partial charge < -0.3 is 16.0 Å². The molecule has 6 nitrogen and oxygen atoms in total. The zero-order chi connectivity index (χ0) is 16.3. The first-order valence-electron chi connectivity index (χ1n) is 7.66. The van der Waals surface area contributed by atoms with Crippen LogP contribution in [0.4, 0.5) is 0 Å². The van der Waals surface area contributed by atoms with Gasteiger partial charge in [0, 0.05) is 30.2 Å². The molecule has 2 heterocycles. The predicted molar refractivity (Wildman–Crippen MR) is 86.7 cm³/mol. The molecule has 2 amide bonds. The molecule has 2 rings (SSSR count). The van der Waals surface area contributed by atoms with Crippen LogP contribution in [0.5, 0.6) is 0 Å². The molecule has 122 valence electrons. The molecule has 2 unspecified atom stereocenters. The Kier molecular flexibility index (Phi) is 5.52. The Hall–Kier alpha value is -1.47. The Morgan fingerprint density at radius 3 is 2.55 bits per heavy atom. The summed E-state index contributed by atoms with van der Waals surface area (Å²) in [4.78, 5) is 30.9. The summed E-state index contributed by atoms with van der Waals surface area (Å²) in [5, 5.41) is 3.54. The third-order valence-electron chi connectivity index (χ3n) is 4.12. The molecule has 1 aromatic heterocycles. The van der Waals surface area contributed by atoms with E-state index >= 15 is 0 Å². The third-order valence-corrected chi connectivity index (χ3v) is 5.03. The number of nitrogens with zero attached hydrogens (tertiary/aromatic N) is 2. The van der Waals surface area contributed by atoms with Gasteiger partial charge in [-0.15, -0.1) is 11.3 Å². The number of likely N-dealkylation sites (tertiary alicyclic amines) is 1. The molecule has 3 N–H and O–H groups in total. The van der Waals surface area contributed by atoms with Gasteiger partial charge in [0.05, 0.1) is 6.04 Å². The van der Waals surface area contributed by atoms with E-state index in [0.29, 0.717) is 24.0 Å². The van der Waals surface area contributed by atoms with Crippen LogP contribution in [0.15, 0.2) is 6.20 Å². The Balaban J connectivity index is 1.83. The lowest BCUT2D eigenvalue weighted by Gasteiger charge is -2.35. The molecule has 1 fully saturated rings. The summed E-state index contributed by atoms with van der Waals surface area (Å²) in [6.45, 7) is 7.09. The van der Waals surface area contributed by atoms with E-state index in [4.69, 9.17) is 5.73 Å². The van der Waals surface area contributed by atoms with Crippen molar-refractivity contribution >= 4 is 23.2 Å². The van der Waals surface area contributed by atoms with Crippen molar-refractivity contribution in [3.63, 3.8) is 0 Å². The standard InChI is InChI=1S/C15H24N4O2S/c1-9-8-17-14(22-9)13(20)18-11(3)12-4-6-19(7-5-12)15(21)10(2)16/h8,10-12H,4-7,16H2,1-3H3,(H,18,20). The van der Waals surface area contributed by atoms with Crippen molar-refractivity contribution in [2.75, 3.05) is 13.1 Å². The van der Waals surface area contributed by atoms with Crippen molar-refractivity contribution in [1.29, 1.82) is 0 Å². The molecule has 0 aliphatic carbocycles. The summed E-state index contributed by atoms with van der Waals surface area (Å²) < 4.78 is 0. The van der Waals surface area contributed by atoms with Crippen LogP contribution in [0, 0.1) is 12.8 Å². The van der Waals surface area contributed by atoms with Gasteiger partial charge in [0.2, 0.25) is 5.91 Å². The summed E-state index contributed by atoms with van der Waals surface area (Å²) in [5.74, 6) is 0.273. The molecular formula is C15H24N4O2S. The fourth-order valence-electron chi connectivity index (χ4n) is 2.75. The minimum absolute atomic E-state index is 0.00778. The Bertz CT molecular complexity index is 535. The molecule has 22 heavy (non-hydrogen) atoms. The molecule has 0 radical (unpaired) electrons. The quantitative estimate of drug-likeness (QED) is 0.870. The summed E-state index contributed by atoms with van der Waals surface area (Å²) in [6, 6.07) is -0.369. The van der Waals surface area contributed by atoms with Crippen LogP contribution in [0.2, 0.25) is 0 Å². The third kappa shape index (κ3) is 4.04. The number of thiazole rings is 1. The van der Waals surface area contributed by atoms with Gasteiger partial charge in [0.25, 0.3) is 5.91 Å². The van der Waals surface area contributed by atoms with E-state index in [-0.39, 0.29) is 17.9 Å². The summed E-state index contributed by atoms with van der Waals surface area (Å²) >= 11 is 1.40. The zero-order valence-corrected chi connectivity index (χ0v) is 14.2. The van der Waals surface area contributed by atoms with Gasteiger partial charge in [-0.2, -0.15) is 0 Å². The van der Waals surface area contributed by atoms with Gasteiger partial charge in [-0.1, -0.05) is 0 Å². The number of aromatic nitrogens is 1. The van der Waals surface area contributed by atoms with Crippen LogP contribution in [0.3, 0.4) is 0 Å². The molecule has 0 bridgehead atoms. The number of hydrogen-bond acceptors (Lipinski definition) is 5. The number of amides is 2. The molecular weight excluding hydrogens is 300 g/mol. The Morgan fingerprint density at radius 2 is 2.05 bits per heavy atom. The first kappa shape index (κ1) is 16.9. The minimum Gasteiger partial charge on any atom is -0.347 e. The lowest BCUT2D eigenvalue weighted by Crippen LogP contribution is -2.49. The largest absolute Gasteiger partial charge is 0.347 e. The number of aryl methyl sites for hydroxylation is 1. The normalized spacial score (nSPS) is 18.8. The Morgan fingerprint density at radius 1 is 1.41 bits per heavy atom. The lowest BCUT2D eigenvalue weighted by atomic mass is 9.90. The Labute approximate surface area is 135 Å². The van der Waals surface area contributed by atoms with E-state index in [9.17, 15) is 9.59 Å². The fourth-order valence-corrected chi connectivity index (χ4v) is 3.42. The average Bonchev–Trinajstić information content (AvgIpc) is 2.93. The van der Waals surface area contributed by atoms with E-state index in [1.165, 1.54) is 11.3 Å². The van der Waals surface area contributed by atoms with Gasteiger partial charge in [-0.25, -0.2) is 4.98 Å². The van der Waals surface area contributed by atoms with Crippen LogP contribution >= 0.6 is 11.3 Å². The molecule has 1 aliphatic heterocycles. The summed E-state index contributed by atoms with van der Waals surface area (Å²) in [7, 11) is 0. The van der Waals surface area contributed by atoms with Crippen LogP contribution in [0.1, 0.15) is 41.4 Å². The smallest absolute Gasteiger partial charge is 0.280 e. The second kappa shape index (κ2) is 7.19. The highest BCUT2D eigenvalue weighted by molar-refractivity contribution is 7.13. The van der Waals surface area contributed by atoms with Gasteiger partial charge >= 0.3 is 0 Å². The molecule has 0 saturated carbocycles. The van der Waals surface area contributed by atoms with Crippen LogP contribution in [0.25, 0.3) is 0 Å². The van der Waals surface area contributed by atoms with Crippen molar-refractivity contribution in [1.82, 2.24) is 15.2 Å². The zero-order valence-electron chi connectivity index (χ0n) is 13.3. The lowest BCUT2D eigenvalue weighted by molar-refractivity contribution is -0.133. The number of piperidine rings is 1. The number of hydrogen-bond donors (Lipinski definition) is 2. The molecule has 0 aromatic carbocycles. The summed E-state index contributed by atoms with van der Waals surface area (Å²) in [5.41, 5.74) is 5.64. The molecule has 2 atom stereocenters. The predicted octanol–water partition coefficient (Wildman–Crippen LogP) is 1.16. The van der Waals surface area contributed by atoms with Crippen molar-refractivity contribution in [2.24, 2.45) is 11.7 Å². The minimum atomic E-state index is -0.443. The number of rotatable bonds is 4. The monoisotopic (exact) mass is 324 g/mol. The maximum atomic E-state index is 12.1. The van der Waals surface area contributed by atoms with Gasteiger partial charge in [-0.3, -0.25) is 9.59 Å². The number of nitrogens with two attached hydrogens (primary N) is 1. The van der Waals surface area contributed by atoms with Gasteiger partial charge in [-0.05, 0) is 39.5 Å². The topological polar surface area (TPSA) is 88.3 Å². The van der Waals surface area contributed by atoms with Crippen LogP contribution < -0.4 is 11.1 Å². The molecule has 0 spiro atoms. The second-order valence-electron chi connectivity index (χ2n) is 5.99. The first-order chi connectivity index (χ1) is 10.4. The highest BCUT2D eigenvalue weighted by Crippen LogP contribution is 2.21. The second-order valence-corrected chi connectivity index (χ2v) is 7.22. The SMILES string of the molecule is Cc1cnc(C(=O)NC(C)C2CCN(C(=O)C(C)N)CC2)s1. The molecule has 1 saturated heterocycles. The van der Waals surface area contributed by atoms with E-state index < -0.39 is 6.04 Å².